The van der Waals surface area contributed by atoms with E-state index in [1.165, 1.54) is 0 Å². The Kier molecular flexibility index (Phi) is 5.59. The molecule has 1 aliphatic heterocycles. The first-order chi connectivity index (χ1) is 15.7. The molecule has 33 heavy (non-hydrogen) atoms. The summed E-state index contributed by atoms with van der Waals surface area (Å²) in [5.74, 6) is -1.78. The number of imide groups is 1. The van der Waals surface area contributed by atoms with Gasteiger partial charge in [0.05, 0.1) is 28.5 Å². The van der Waals surface area contributed by atoms with Crippen LogP contribution in [0.4, 0.5) is 11.4 Å². The van der Waals surface area contributed by atoms with E-state index < -0.39 is 23.7 Å². The van der Waals surface area contributed by atoms with Crippen molar-refractivity contribution < 1.29 is 23.9 Å². The highest BCUT2D eigenvalue weighted by molar-refractivity contribution is 6.34. The van der Waals surface area contributed by atoms with Crippen molar-refractivity contribution in [1.82, 2.24) is 4.98 Å². The second-order valence-corrected chi connectivity index (χ2v) is 8.07. The van der Waals surface area contributed by atoms with Crippen molar-refractivity contribution in [2.45, 2.75) is 33.8 Å². The Bertz CT molecular complexity index is 1270. The molecule has 8 heteroatoms. The highest BCUT2D eigenvalue weighted by Gasteiger charge is 2.36. The molecule has 0 aliphatic carbocycles. The van der Waals surface area contributed by atoms with Crippen LogP contribution in [0.1, 0.15) is 66.7 Å². The molecule has 0 radical (unpaired) electrons. The average Bonchev–Trinajstić information content (AvgIpc) is 3.20. The molecule has 1 aromatic heterocycles. The summed E-state index contributed by atoms with van der Waals surface area (Å²) in [6, 6.07) is 13.1. The maximum absolute atomic E-state index is 12.9. The largest absolute Gasteiger partial charge is 0.459 e. The third-order valence-electron chi connectivity index (χ3n) is 5.37. The van der Waals surface area contributed by atoms with Crippen molar-refractivity contribution in [3.63, 3.8) is 0 Å². The van der Waals surface area contributed by atoms with Crippen LogP contribution in [0, 0.1) is 13.8 Å². The molecule has 0 atom stereocenters. The van der Waals surface area contributed by atoms with Gasteiger partial charge >= 0.3 is 5.97 Å². The maximum atomic E-state index is 12.9. The van der Waals surface area contributed by atoms with Gasteiger partial charge in [-0.25, -0.2) is 9.69 Å². The minimum atomic E-state index is -0.497. The number of nitrogens with one attached hydrogen (secondary N) is 2. The fourth-order valence-corrected chi connectivity index (χ4v) is 3.90. The number of nitrogens with zero attached hydrogens (tertiary/aromatic N) is 1. The topological polar surface area (TPSA) is 109 Å². The summed E-state index contributed by atoms with van der Waals surface area (Å²) < 4.78 is 5.27. The van der Waals surface area contributed by atoms with Crippen molar-refractivity contribution in [2.75, 3.05) is 10.2 Å². The summed E-state index contributed by atoms with van der Waals surface area (Å²) in [7, 11) is 0. The fourth-order valence-electron chi connectivity index (χ4n) is 3.90. The van der Waals surface area contributed by atoms with Crippen molar-refractivity contribution in [3.8, 4) is 0 Å². The van der Waals surface area contributed by atoms with Gasteiger partial charge < -0.3 is 15.0 Å². The number of ether oxygens (including phenoxy) is 1. The second-order valence-electron chi connectivity index (χ2n) is 8.07. The van der Waals surface area contributed by atoms with E-state index in [9.17, 15) is 19.2 Å². The van der Waals surface area contributed by atoms with E-state index in [2.05, 4.69) is 10.3 Å². The van der Waals surface area contributed by atoms with E-state index in [4.69, 9.17) is 4.74 Å². The molecule has 2 N–H and O–H groups in total. The van der Waals surface area contributed by atoms with E-state index in [0.717, 1.165) is 4.90 Å². The molecule has 2 heterocycles. The number of carbonyl (C=O) groups excluding carboxylic acids is 4. The smallest absolute Gasteiger partial charge is 0.340 e. The number of aromatic nitrogens is 1. The normalized spacial score (nSPS) is 12.8. The monoisotopic (exact) mass is 445 g/mol. The average molecular weight is 445 g/mol. The molecular weight excluding hydrogens is 422 g/mol. The summed E-state index contributed by atoms with van der Waals surface area (Å²) in [6.07, 6.45) is -0.284. The van der Waals surface area contributed by atoms with Crippen LogP contribution < -0.4 is 10.2 Å². The molecule has 3 amide bonds. The molecule has 3 aromatic rings. The molecule has 8 nitrogen and oxygen atoms in total. The summed E-state index contributed by atoms with van der Waals surface area (Å²) >= 11 is 0. The van der Waals surface area contributed by atoms with Gasteiger partial charge in [-0.3, -0.25) is 14.4 Å². The maximum Gasteiger partial charge on any atom is 0.340 e. The number of carbonyl (C=O) groups is 4. The fraction of sp³-hybridized carbons (Fsp3) is 0.200. The zero-order valence-corrected chi connectivity index (χ0v) is 18.7. The minimum Gasteiger partial charge on any atom is -0.459 e. The SMILES string of the molecule is Cc1[nH]c(C(=O)Nc2cccc(N3C(=O)c4ccccc4C3=O)c2)c(C)c1C(=O)OC(C)C. The number of esters is 1. The first-order valence-electron chi connectivity index (χ1n) is 10.5. The molecule has 0 saturated carbocycles. The minimum absolute atomic E-state index is 0.231. The van der Waals surface area contributed by atoms with Crippen LogP contribution in [0.2, 0.25) is 0 Å². The van der Waals surface area contributed by atoms with Crippen LogP contribution in [0.3, 0.4) is 0 Å². The third-order valence-corrected chi connectivity index (χ3v) is 5.37. The Balaban J connectivity index is 1.58. The van der Waals surface area contributed by atoms with Gasteiger partial charge in [-0.05, 0) is 63.6 Å². The first-order valence-corrected chi connectivity index (χ1v) is 10.5. The van der Waals surface area contributed by atoms with Gasteiger partial charge in [0.1, 0.15) is 5.69 Å². The number of anilines is 2. The Labute approximate surface area is 190 Å². The van der Waals surface area contributed by atoms with Crippen molar-refractivity contribution in [1.29, 1.82) is 0 Å². The molecule has 0 unspecified atom stereocenters. The van der Waals surface area contributed by atoms with Gasteiger partial charge in [0.25, 0.3) is 17.7 Å². The summed E-state index contributed by atoms with van der Waals surface area (Å²) in [6.45, 7) is 6.88. The first kappa shape index (κ1) is 22.0. The summed E-state index contributed by atoms with van der Waals surface area (Å²) in [5.41, 5.74) is 3.00. The Morgan fingerprint density at radius 3 is 2.21 bits per heavy atom. The Morgan fingerprint density at radius 1 is 0.970 bits per heavy atom. The Hall–Kier alpha value is -4.20. The van der Waals surface area contributed by atoms with Crippen LogP contribution in [-0.2, 0) is 4.74 Å². The lowest BCUT2D eigenvalue weighted by atomic mass is 10.1. The molecule has 4 rings (SSSR count). The molecule has 0 saturated heterocycles. The zero-order valence-electron chi connectivity index (χ0n) is 18.7. The zero-order chi connectivity index (χ0) is 23.9. The highest BCUT2D eigenvalue weighted by atomic mass is 16.5. The van der Waals surface area contributed by atoms with Gasteiger partial charge in [0, 0.05) is 11.4 Å². The lowest BCUT2D eigenvalue weighted by Crippen LogP contribution is -2.29. The number of H-pyrrole nitrogens is 1. The lowest BCUT2D eigenvalue weighted by molar-refractivity contribution is 0.0376. The van der Waals surface area contributed by atoms with Crippen LogP contribution in [0.25, 0.3) is 0 Å². The number of benzene rings is 2. The molecule has 0 fully saturated rings. The van der Waals surface area contributed by atoms with E-state index in [0.29, 0.717) is 39.3 Å². The number of fused-ring (bicyclic) bond motifs is 1. The third kappa shape index (κ3) is 3.91. The second kappa shape index (κ2) is 8.38. The van der Waals surface area contributed by atoms with Crippen molar-refractivity contribution in [3.05, 3.63) is 82.2 Å². The predicted molar refractivity (Wildman–Crippen MR) is 123 cm³/mol. The summed E-state index contributed by atoms with van der Waals surface area (Å²) in [4.78, 5) is 54.9. The van der Waals surface area contributed by atoms with Crippen molar-refractivity contribution in [2.24, 2.45) is 0 Å². The van der Waals surface area contributed by atoms with Gasteiger partial charge in [0.2, 0.25) is 0 Å². The molecule has 0 bridgehead atoms. The van der Waals surface area contributed by atoms with E-state index in [-0.39, 0.29) is 11.8 Å². The Morgan fingerprint density at radius 2 is 1.61 bits per heavy atom. The predicted octanol–water partition coefficient (Wildman–Crippen LogP) is 4.25. The quantitative estimate of drug-likeness (QED) is 0.451. The van der Waals surface area contributed by atoms with Gasteiger partial charge in [-0.2, -0.15) is 0 Å². The number of rotatable bonds is 5. The summed E-state index contributed by atoms with van der Waals surface area (Å²) in [5, 5.41) is 2.76. The number of amides is 3. The lowest BCUT2D eigenvalue weighted by Gasteiger charge is -2.15. The van der Waals surface area contributed by atoms with E-state index in [1.54, 1.807) is 76.2 Å². The van der Waals surface area contributed by atoms with Gasteiger partial charge in [-0.1, -0.05) is 18.2 Å². The number of aromatic amines is 1. The highest BCUT2D eigenvalue weighted by Crippen LogP contribution is 2.30. The number of hydrogen-bond acceptors (Lipinski definition) is 5. The number of hydrogen-bond donors (Lipinski definition) is 2. The molecule has 2 aromatic carbocycles. The van der Waals surface area contributed by atoms with Crippen LogP contribution in [0.15, 0.2) is 48.5 Å². The van der Waals surface area contributed by atoms with Crippen LogP contribution in [0.5, 0.6) is 0 Å². The molecule has 168 valence electrons. The van der Waals surface area contributed by atoms with E-state index in [1.807, 2.05) is 0 Å². The van der Waals surface area contributed by atoms with Crippen molar-refractivity contribution >= 4 is 35.1 Å². The van der Waals surface area contributed by atoms with Gasteiger partial charge in [0.15, 0.2) is 0 Å². The standard InChI is InChI=1S/C25H23N3O5/c1-13(2)33-25(32)20-14(3)21(26-15(20)4)22(29)27-16-8-7-9-17(12-16)28-23(30)18-10-5-6-11-19(18)24(28)31/h5-13,26H,1-4H3,(H,27,29). The van der Waals surface area contributed by atoms with Gasteiger partial charge in [-0.15, -0.1) is 0 Å². The van der Waals surface area contributed by atoms with Crippen LogP contribution >= 0.6 is 0 Å². The van der Waals surface area contributed by atoms with E-state index >= 15 is 0 Å². The number of aryl methyl sites for hydroxylation is 1. The molecule has 0 spiro atoms. The van der Waals surface area contributed by atoms with Crippen LogP contribution in [-0.4, -0.2) is 34.8 Å². The molecular formula is C25H23N3O5. The molecule has 1 aliphatic rings.